The molecule has 0 aliphatic carbocycles. The van der Waals surface area contributed by atoms with Crippen molar-refractivity contribution in [1.29, 1.82) is 0 Å². The quantitative estimate of drug-likeness (QED) is 0.322. The molecule has 2 aromatic carbocycles. The minimum Gasteiger partial charge on any atom is -0.397 e. The van der Waals surface area contributed by atoms with Gasteiger partial charge in [0.1, 0.15) is 0 Å². The van der Waals surface area contributed by atoms with E-state index < -0.39 is 17.6 Å². The van der Waals surface area contributed by atoms with E-state index in [1.807, 2.05) is 25.8 Å². The van der Waals surface area contributed by atoms with Crippen LogP contribution in [0.15, 0.2) is 48.8 Å². The van der Waals surface area contributed by atoms with Gasteiger partial charge >= 0.3 is 6.18 Å². The Labute approximate surface area is 225 Å². The summed E-state index contributed by atoms with van der Waals surface area (Å²) in [4.78, 5) is 17.2. The smallest absolute Gasteiger partial charge is 0.397 e. The van der Waals surface area contributed by atoms with E-state index in [4.69, 9.17) is 11.6 Å². The summed E-state index contributed by atoms with van der Waals surface area (Å²) in [5.41, 5.74) is 9.38. The monoisotopic (exact) mass is 542 g/mol. The standard InChI is InChI=1S/C27H33F3N8O/c1-17-5-6-19(11-25(17)38(32)16-24(31)23-15-33-36(4)18(23)2)26(39)34-21-12-20(27(28,29)30)13-22(14-21)37-9-7-35(3)8-10-37/h5-6,11-16H,7-10,31-32H2,1-4H3,(H,34,39)/b24-16-. The number of carbonyl (C=O) groups is 1. The zero-order valence-electron chi connectivity index (χ0n) is 22.4. The summed E-state index contributed by atoms with van der Waals surface area (Å²) in [6, 6.07) is 8.52. The van der Waals surface area contributed by atoms with E-state index in [0.29, 0.717) is 30.2 Å². The van der Waals surface area contributed by atoms with Gasteiger partial charge in [-0.05, 0) is 56.8 Å². The summed E-state index contributed by atoms with van der Waals surface area (Å²) >= 11 is 0. The molecule has 1 aliphatic heterocycles. The molecule has 39 heavy (non-hydrogen) atoms. The van der Waals surface area contributed by atoms with Crippen LogP contribution in [0.1, 0.15) is 32.7 Å². The van der Waals surface area contributed by atoms with Crippen LogP contribution in [0.3, 0.4) is 0 Å². The van der Waals surface area contributed by atoms with Crippen molar-refractivity contribution in [1.82, 2.24) is 14.7 Å². The van der Waals surface area contributed by atoms with Gasteiger partial charge in [0.2, 0.25) is 0 Å². The lowest BCUT2D eigenvalue weighted by Crippen LogP contribution is -2.44. The minimum absolute atomic E-state index is 0.0617. The van der Waals surface area contributed by atoms with Crippen LogP contribution in [-0.2, 0) is 13.2 Å². The molecule has 0 radical (unpaired) electrons. The lowest BCUT2D eigenvalue weighted by Gasteiger charge is -2.34. The van der Waals surface area contributed by atoms with Gasteiger partial charge in [0.05, 0.1) is 23.1 Å². The number of anilines is 3. The Morgan fingerprint density at radius 1 is 1.08 bits per heavy atom. The predicted octanol–water partition coefficient (Wildman–Crippen LogP) is 3.70. The molecule has 5 N–H and O–H groups in total. The van der Waals surface area contributed by atoms with Gasteiger partial charge in [-0.3, -0.25) is 14.5 Å². The number of halogens is 3. The first-order valence-electron chi connectivity index (χ1n) is 12.4. The van der Waals surface area contributed by atoms with Crippen molar-refractivity contribution in [2.75, 3.05) is 48.5 Å². The largest absolute Gasteiger partial charge is 0.416 e. The van der Waals surface area contributed by atoms with Gasteiger partial charge in [-0.15, -0.1) is 0 Å². The number of hydrogen-bond acceptors (Lipinski definition) is 7. The zero-order chi connectivity index (χ0) is 28.5. The van der Waals surface area contributed by atoms with E-state index in [2.05, 4.69) is 15.3 Å². The molecule has 0 saturated carbocycles. The molecule has 1 saturated heterocycles. The summed E-state index contributed by atoms with van der Waals surface area (Å²) in [6.45, 7) is 6.36. The number of nitrogens with zero attached hydrogens (tertiary/aromatic N) is 5. The topological polar surface area (TPSA) is 109 Å². The number of amides is 1. The Hall–Kier alpha value is -4.03. The average molecular weight is 543 g/mol. The molecule has 0 atom stereocenters. The number of aryl methyl sites for hydroxylation is 2. The van der Waals surface area contributed by atoms with Gasteiger partial charge in [-0.2, -0.15) is 18.3 Å². The number of carbonyl (C=O) groups excluding carboxylic acids is 1. The molecule has 2 heterocycles. The minimum atomic E-state index is -4.56. The Morgan fingerprint density at radius 3 is 2.38 bits per heavy atom. The second-order valence-corrected chi connectivity index (χ2v) is 9.77. The third-order valence-electron chi connectivity index (χ3n) is 6.95. The molecular weight excluding hydrogens is 509 g/mol. The van der Waals surface area contributed by atoms with Gasteiger partial charge in [-0.1, -0.05) is 6.07 Å². The Balaban J connectivity index is 1.59. The summed E-state index contributed by atoms with van der Waals surface area (Å²) in [6.07, 6.45) is -1.39. The molecule has 1 amide bonds. The van der Waals surface area contributed by atoms with E-state index in [1.54, 1.807) is 42.2 Å². The molecule has 1 aliphatic rings. The summed E-state index contributed by atoms with van der Waals surface area (Å²) in [5.74, 6) is 5.71. The number of nitrogens with two attached hydrogens (primary N) is 2. The lowest BCUT2D eigenvalue weighted by molar-refractivity contribution is -0.137. The van der Waals surface area contributed by atoms with Gasteiger partial charge < -0.3 is 20.9 Å². The van der Waals surface area contributed by atoms with Crippen molar-refractivity contribution in [3.63, 3.8) is 0 Å². The zero-order valence-corrected chi connectivity index (χ0v) is 22.4. The highest BCUT2D eigenvalue weighted by atomic mass is 19.4. The molecule has 208 valence electrons. The van der Waals surface area contributed by atoms with Crippen molar-refractivity contribution in [3.05, 3.63) is 76.7 Å². The number of benzene rings is 2. The molecule has 0 unspecified atom stereocenters. The van der Waals surface area contributed by atoms with Crippen LogP contribution >= 0.6 is 0 Å². The number of rotatable bonds is 6. The van der Waals surface area contributed by atoms with Crippen molar-refractivity contribution in [2.45, 2.75) is 20.0 Å². The summed E-state index contributed by atoms with van der Waals surface area (Å²) in [7, 11) is 3.77. The van der Waals surface area contributed by atoms with Gasteiger partial charge in [0, 0.05) is 67.6 Å². The van der Waals surface area contributed by atoms with Crippen molar-refractivity contribution in [3.8, 4) is 0 Å². The lowest BCUT2D eigenvalue weighted by atomic mass is 10.1. The molecule has 0 bridgehead atoms. The van der Waals surface area contributed by atoms with Crippen molar-refractivity contribution in [2.24, 2.45) is 18.6 Å². The summed E-state index contributed by atoms with van der Waals surface area (Å²) in [5, 5.41) is 8.12. The third kappa shape index (κ3) is 6.35. The molecular formula is C27H33F3N8O. The third-order valence-corrected chi connectivity index (χ3v) is 6.95. The van der Waals surface area contributed by atoms with Gasteiger partial charge in [0.25, 0.3) is 5.91 Å². The maximum absolute atomic E-state index is 13.7. The molecule has 1 aromatic heterocycles. The van der Waals surface area contributed by atoms with Crippen LogP contribution in [0.25, 0.3) is 5.70 Å². The van der Waals surface area contributed by atoms with E-state index in [9.17, 15) is 18.0 Å². The number of likely N-dealkylation sites (N-methyl/N-ethyl adjacent to an activating group) is 1. The van der Waals surface area contributed by atoms with Crippen LogP contribution in [-0.4, -0.2) is 53.8 Å². The first-order valence-corrected chi connectivity index (χ1v) is 12.4. The van der Waals surface area contributed by atoms with Crippen LogP contribution in [0.5, 0.6) is 0 Å². The fourth-order valence-electron chi connectivity index (χ4n) is 4.40. The second-order valence-electron chi connectivity index (χ2n) is 9.77. The molecule has 0 spiro atoms. The van der Waals surface area contributed by atoms with Crippen LogP contribution < -0.4 is 26.8 Å². The molecule has 9 nitrogen and oxygen atoms in total. The molecule has 12 heteroatoms. The van der Waals surface area contributed by atoms with Gasteiger partial charge in [0.15, 0.2) is 0 Å². The second kappa shape index (κ2) is 11.0. The van der Waals surface area contributed by atoms with E-state index in [-0.39, 0.29) is 11.3 Å². The average Bonchev–Trinajstić information content (AvgIpc) is 3.21. The maximum atomic E-state index is 13.7. The first-order chi connectivity index (χ1) is 18.3. The highest BCUT2D eigenvalue weighted by Crippen LogP contribution is 2.35. The highest BCUT2D eigenvalue weighted by molar-refractivity contribution is 6.05. The van der Waals surface area contributed by atoms with Crippen LogP contribution in [0, 0.1) is 13.8 Å². The first kappa shape index (κ1) is 28.0. The van der Waals surface area contributed by atoms with Crippen molar-refractivity contribution >= 4 is 28.7 Å². The SMILES string of the molecule is Cc1ccc(C(=O)Nc2cc(N3CCN(C)CC3)cc(C(F)(F)F)c2)cc1N(N)/C=C(\N)c1cnn(C)c1C. The van der Waals surface area contributed by atoms with E-state index in [0.717, 1.165) is 42.0 Å². The normalized spacial score (nSPS) is 15.0. The van der Waals surface area contributed by atoms with Crippen molar-refractivity contribution < 1.29 is 18.0 Å². The Morgan fingerprint density at radius 2 is 1.77 bits per heavy atom. The summed E-state index contributed by atoms with van der Waals surface area (Å²) < 4.78 is 42.8. The number of hydrazine groups is 1. The number of alkyl halides is 3. The molecule has 3 aromatic rings. The Kier molecular flexibility index (Phi) is 7.89. The van der Waals surface area contributed by atoms with E-state index >= 15 is 0 Å². The maximum Gasteiger partial charge on any atom is 0.416 e. The highest BCUT2D eigenvalue weighted by Gasteiger charge is 2.32. The predicted molar refractivity (Wildman–Crippen MR) is 147 cm³/mol. The Bertz CT molecular complexity index is 1390. The number of aromatic nitrogens is 2. The van der Waals surface area contributed by atoms with E-state index in [1.165, 1.54) is 11.2 Å². The molecule has 1 fully saturated rings. The number of piperazine rings is 1. The number of nitrogens with one attached hydrogen (secondary N) is 1. The fraction of sp³-hybridized carbons (Fsp3) is 0.333. The van der Waals surface area contributed by atoms with Gasteiger partial charge in [-0.25, -0.2) is 5.84 Å². The molecule has 4 rings (SSSR count). The van der Waals surface area contributed by atoms with Crippen LogP contribution in [0.4, 0.5) is 30.2 Å². The number of hydrogen-bond donors (Lipinski definition) is 3. The van der Waals surface area contributed by atoms with Crippen LogP contribution in [0.2, 0.25) is 0 Å². The fourth-order valence-corrected chi connectivity index (χ4v) is 4.40.